The lowest BCUT2D eigenvalue weighted by atomic mass is 10.1. The van der Waals surface area contributed by atoms with Crippen LogP contribution in [0, 0.1) is 0 Å². The van der Waals surface area contributed by atoms with Gasteiger partial charge in [0, 0.05) is 11.2 Å². The first-order chi connectivity index (χ1) is 5.00. The molecule has 0 radical (unpaired) electrons. The summed E-state index contributed by atoms with van der Waals surface area (Å²) in [7, 11) is -2.94. The van der Waals surface area contributed by atoms with E-state index in [4.69, 9.17) is 0 Å². The summed E-state index contributed by atoms with van der Waals surface area (Å²) in [5.74, 6) is 0. The molecule has 62 valence electrons. The molecule has 0 aliphatic heterocycles. The molecular formula is C8H12O2S. The number of sulfone groups is 1. The van der Waals surface area contributed by atoms with E-state index in [0.717, 1.165) is 12.0 Å². The van der Waals surface area contributed by atoms with E-state index in [9.17, 15) is 8.42 Å². The summed E-state index contributed by atoms with van der Waals surface area (Å²) in [6, 6.07) is 0. The Bertz CT molecular complexity index is 307. The van der Waals surface area contributed by atoms with Gasteiger partial charge < -0.3 is 0 Å². The molecule has 0 heterocycles. The van der Waals surface area contributed by atoms with Gasteiger partial charge in [-0.05, 0) is 25.8 Å². The molecule has 1 aliphatic rings. The molecule has 0 spiro atoms. The van der Waals surface area contributed by atoms with E-state index in [1.54, 1.807) is 6.08 Å². The second kappa shape index (κ2) is 2.81. The molecule has 11 heavy (non-hydrogen) atoms. The van der Waals surface area contributed by atoms with Crippen molar-refractivity contribution in [2.75, 3.05) is 6.26 Å². The van der Waals surface area contributed by atoms with Gasteiger partial charge in [0.25, 0.3) is 0 Å². The molecule has 3 heteroatoms. The summed E-state index contributed by atoms with van der Waals surface area (Å²) in [6.45, 7) is 1.92. The normalized spacial score (nSPS) is 19.1. The van der Waals surface area contributed by atoms with Crippen molar-refractivity contribution in [3.8, 4) is 0 Å². The van der Waals surface area contributed by atoms with Crippen molar-refractivity contribution < 1.29 is 8.42 Å². The van der Waals surface area contributed by atoms with Crippen molar-refractivity contribution >= 4 is 9.84 Å². The summed E-state index contributed by atoms with van der Waals surface area (Å²) in [5, 5.41) is 0. The second-order valence-electron chi connectivity index (χ2n) is 2.87. The molecule has 0 aromatic heterocycles. The van der Waals surface area contributed by atoms with E-state index in [1.165, 1.54) is 6.26 Å². The average Bonchev–Trinajstić information content (AvgIpc) is 1.86. The molecule has 0 bridgehead atoms. The van der Waals surface area contributed by atoms with Crippen molar-refractivity contribution in [2.24, 2.45) is 0 Å². The number of rotatable bonds is 1. The molecule has 0 saturated heterocycles. The first-order valence-corrected chi connectivity index (χ1v) is 5.46. The van der Waals surface area contributed by atoms with Gasteiger partial charge in [0.05, 0.1) is 0 Å². The zero-order valence-corrected chi connectivity index (χ0v) is 7.61. The highest BCUT2D eigenvalue weighted by atomic mass is 32.2. The van der Waals surface area contributed by atoms with Crippen LogP contribution in [0.1, 0.15) is 19.8 Å². The van der Waals surface area contributed by atoms with Crippen LogP contribution in [0.4, 0.5) is 0 Å². The molecule has 2 nitrogen and oxygen atoms in total. The van der Waals surface area contributed by atoms with Gasteiger partial charge in [0.15, 0.2) is 9.84 Å². The average molecular weight is 172 g/mol. The highest BCUT2D eigenvalue weighted by molar-refractivity contribution is 7.94. The van der Waals surface area contributed by atoms with Crippen molar-refractivity contribution in [3.63, 3.8) is 0 Å². The maximum atomic E-state index is 11.0. The zero-order valence-electron chi connectivity index (χ0n) is 6.79. The van der Waals surface area contributed by atoms with Crippen LogP contribution in [-0.2, 0) is 9.84 Å². The van der Waals surface area contributed by atoms with Gasteiger partial charge in [-0.25, -0.2) is 8.42 Å². The van der Waals surface area contributed by atoms with Crippen molar-refractivity contribution in [1.82, 2.24) is 0 Å². The summed E-state index contributed by atoms with van der Waals surface area (Å²) in [5.41, 5.74) is 1.05. The SMILES string of the molecule is CC1=CCCC(S(C)(=O)=O)=C1. The highest BCUT2D eigenvalue weighted by Gasteiger charge is 2.12. The molecule has 0 aromatic rings. The van der Waals surface area contributed by atoms with Gasteiger partial charge >= 0.3 is 0 Å². The van der Waals surface area contributed by atoms with Crippen molar-refractivity contribution in [1.29, 1.82) is 0 Å². The summed E-state index contributed by atoms with van der Waals surface area (Å²) in [6.07, 6.45) is 6.58. The number of allylic oxidation sites excluding steroid dienone is 4. The van der Waals surface area contributed by atoms with E-state index in [1.807, 2.05) is 6.92 Å². The van der Waals surface area contributed by atoms with Gasteiger partial charge in [-0.1, -0.05) is 11.6 Å². The number of hydrogen-bond donors (Lipinski definition) is 0. The van der Waals surface area contributed by atoms with E-state index in [2.05, 4.69) is 6.08 Å². The largest absolute Gasteiger partial charge is 0.224 e. The Hall–Kier alpha value is -0.570. The van der Waals surface area contributed by atoms with Gasteiger partial charge in [0.2, 0.25) is 0 Å². The lowest BCUT2D eigenvalue weighted by Crippen LogP contribution is -2.03. The van der Waals surface area contributed by atoms with E-state index in [-0.39, 0.29) is 0 Å². The molecule has 0 saturated carbocycles. The van der Waals surface area contributed by atoms with Crippen LogP contribution in [0.15, 0.2) is 22.6 Å². The Balaban J connectivity index is 3.00. The molecule has 0 aromatic carbocycles. The molecule has 0 fully saturated rings. The Labute approximate surface area is 67.5 Å². The third kappa shape index (κ3) is 2.19. The third-order valence-corrected chi connectivity index (χ3v) is 3.00. The lowest BCUT2D eigenvalue weighted by Gasteiger charge is -2.08. The minimum absolute atomic E-state index is 0.567. The molecule has 1 aliphatic carbocycles. The van der Waals surface area contributed by atoms with Gasteiger partial charge in [-0.15, -0.1) is 0 Å². The Morgan fingerprint density at radius 2 is 2.09 bits per heavy atom. The monoisotopic (exact) mass is 172 g/mol. The van der Waals surface area contributed by atoms with E-state index in [0.29, 0.717) is 11.3 Å². The Kier molecular flexibility index (Phi) is 2.18. The van der Waals surface area contributed by atoms with Gasteiger partial charge in [-0.2, -0.15) is 0 Å². The fourth-order valence-electron chi connectivity index (χ4n) is 1.12. The molecule has 1 rings (SSSR count). The van der Waals surface area contributed by atoms with Gasteiger partial charge in [-0.3, -0.25) is 0 Å². The summed E-state index contributed by atoms with van der Waals surface area (Å²) >= 11 is 0. The first kappa shape index (κ1) is 8.53. The fourth-order valence-corrected chi connectivity index (χ4v) is 2.01. The van der Waals surface area contributed by atoms with Crippen LogP contribution in [0.25, 0.3) is 0 Å². The van der Waals surface area contributed by atoms with E-state index < -0.39 is 9.84 Å². The maximum Gasteiger partial charge on any atom is 0.171 e. The topological polar surface area (TPSA) is 34.1 Å². The van der Waals surface area contributed by atoms with Gasteiger partial charge in [0.1, 0.15) is 0 Å². The zero-order chi connectivity index (χ0) is 8.48. The minimum Gasteiger partial charge on any atom is -0.224 e. The molecule has 0 N–H and O–H groups in total. The Morgan fingerprint density at radius 3 is 2.45 bits per heavy atom. The summed E-state index contributed by atoms with van der Waals surface area (Å²) in [4.78, 5) is 0.567. The maximum absolute atomic E-state index is 11.0. The third-order valence-electron chi connectivity index (χ3n) is 1.72. The predicted octanol–water partition coefficient (Wildman–Crippen LogP) is 1.66. The highest BCUT2D eigenvalue weighted by Crippen LogP contribution is 2.20. The smallest absolute Gasteiger partial charge is 0.171 e. The fraction of sp³-hybridized carbons (Fsp3) is 0.500. The second-order valence-corrected chi connectivity index (χ2v) is 4.94. The quantitative estimate of drug-likeness (QED) is 0.602. The van der Waals surface area contributed by atoms with E-state index >= 15 is 0 Å². The molecular weight excluding hydrogens is 160 g/mol. The van der Waals surface area contributed by atoms with Crippen LogP contribution in [-0.4, -0.2) is 14.7 Å². The van der Waals surface area contributed by atoms with Crippen molar-refractivity contribution in [3.05, 3.63) is 22.6 Å². The predicted molar refractivity (Wildman–Crippen MR) is 45.9 cm³/mol. The first-order valence-electron chi connectivity index (χ1n) is 3.57. The molecule has 0 atom stereocenters. The van der Waals surface area contributed by atoms with Crippen LogP contribution in [0.3, 0.4) is 0 Å². The van der Waals surface area contributed by atoms with Crippen LogP contribution >= 0.6 is 0 Å². The molecule has 0 amide bonds. The van der Waals surface area contributed by atoms with Crippen LogP contribution in [0.5, 0.6) is 0 Å². The minimum atomic E-state index is -2.94. The Morgan fingerprint density at radius 1 is 1.45 bits per heavy atom. The van der Waals surface area contributed by atoms with Crippen molar-refractivity contribution in [2.45, 2.75) is 19.8 Å². The summed E-state index contributed by atoms with van der Waals surface area (Å²) < 4.78 is 22.1. The lowest BCUT2D eigenvalue weighted by molar-refractivity contribution is 0.605. The van der Waals surface area contributed by atoms with Crippen LogP contribution in [0.2, 0.25) is 0 Å². The molecule has 0 unspecified atom stereocenters. The standard InChI is InChI=1S/C8H12O2S/c1-7-4-3-5-8(6-7)11(2,9)10/h4,6H,3,5H2,1-2H3. The van der Waals surface area contributed by atoms with Crippen LogP contribution < -0.4 is 0 Å². The number of hydrogen-bond acceptors (Lipinski definition) is 2.